The van der Waals surface area contributed by atoms with Crippen LogP contribution >= 0.6 is 24.8 Å². The van der Waals surface area contributed by atoms with Crippen molar-refractivity contribution >= 4 is 35.8 Å². The van der Waals surface area contributed by atoms with Crippen LogP contribution in [0.4, 0.5) is 0 Å². The molecule has 1 aliphatic heterocycles. The highest BCUT2D eigenvalue weighted by atomic mass is 35.5. The lowest BCUT2D eigenvalue weighted by Gasteiger charge is -2.26. The normalized spacial score (nSPS) is 16.0. The SMILES string of the molecule is Cl.Cl.c1ccc2[nH]c(CN3CCNCC3)nc2c1. The molecule has 4 nitrogen and oxygen atoms in total. The molecule has 0 bridgehead atoms. The fourth-order valence-electron chi connectivity index (χ4n) is 2.16. The number of fused-ring (bicyclic) bond motifs is 1. The van der Waals surface area contributed by atoms with E-state index in [1.165, 1.54) is 0 Å². The molecular weight excluding hydrogens is 271 g/mol. The molecule has 0 unspecified atom stereocenters. The number of para-hydroxylation sites is 2. The number of nitrogens with one attached hydrogen (secondary N) is 2. The molecule has 1 aromatic carbocycles. The molecule has 18 heavy (non-hydrogen) atoms. The summed E-state index contributed by atoms with van der Waals surface area (Å²) in [6.07, 6.45) is 0. The van der Waals surface area contributed by atoms with Crippen LogP contribution in [-0.2, 0) is 6.54 Å². The third-order valence-corrected chi connectivity index (χ3v) is 3.02. The third kappa shape index (κ3) is 3.36. The van der Waals surface area contributed by atoms with Gasteiger partial charge in [-0.15, -0.1) is 24.8 Å². The second-order valence-electron chi connectivity index (χ2n) is 4.23. The van der Waals surface area contributed by atoms with Gasteiger partial charge in [-0.25, -0.2) is 4.98 Å². The Hall–Kier alpha value is -0.810. The van der Waals surface area contributed by atoms with Gasteiger partial charge in [0.05, 0.1) is 17.6 Å². The van der Waals surface area contributed by atoms with Gasteiger partial charge in [0.2, 0.25) is 0 Å². The largest absolute Gasteiger partial charge is 0.341 e. The van der Waals surface area contributed by atoms with Gasteiger partial charge in [-0.05, 0) is 12.1 Å². The number of benzene rings is 1. The summed E-state index contributed by atoms with van der Waals surface area (Å²) in [5.74, 6) is 1.07. The van der Waals surface area contributed by atoms with Crippen LogP contribution in [0.5, 0.6) is 0 Å². The number of nitrogens with zero attached hydrogens (tertiary/aromatic N) is 2. The highest BCUT2D eigenvalue weighted by Crippen LogP contribution is 2.11. The Kier molecular flexibility index (Phi) is 5.88. The van der Waals surface area contributed by atoms with Gasteiger partial charge in [0.25, 0.3) is 0 Å². The van der Waals surface area contributed by atoms with Crippen molar-refractivity contribution in [1.82, 2.24) is 20.2 Å². The van der Waals surface area contributed by atoms with Crippen molar-refractivity contribution in [3.8, 4) is 0 Å². The number of aromatic nitrogens is 2. The van der Waals surface area contributed by atoms with E-state index in [0.29, 0.717) is 0 Å². The summed E-state index contributed by atoms with van der Waals surface area (Å²) < 4.78 is 0. The third-order valence-electron chi connectivity index (χ3n) is 3.02. The summed E-state index contributed by atoms with van der Waals surface area (Å²) in [5.41, 5.74) is 2.19. The Balaban J connectivity index is 0.000000810. The number of hydrogen-bond donors (Lipinski definition) is 2. The van der Waals surface area contributed by atoms with Crippen LogP contribution in [0.15, 0.2) is 24.3 Å². The maximum absolute atomic E-state index is 4.59. The van der Waals surface area contributed by atoms with Gasteiger partial charge in [-0.1, -0.05) is 12.1 Å². The van der Waals surface area contributed by atoms with Crippen molar-refractivity contribution in [2.24, 2.45) is 0 Å². The number of hydrogen-bond acceptors (Lipinski definition) is 3. The van der Waals surface area contributed by atoms with Gasteiger partial charge >= 0.3 is 0 Å². The molecule has 0 radical (unpaired) electrons. The predicted molar refractivity (Wildman–Crippen MR) is 78.7 cm³/mol. The highest BCUT2D eigenvalue weighted by molar-refractivity contribution is 5.85. The van der Waals surface area contributed by atoms with Crippen molar-refractivity contribution in [2.45, 2.75) is 6.54 Å². The van der Waals surface area contributed by atoms with Gasteiger partial charge in [-0.2, -0.15) is 0 Å². The van der Waals surface area contributed by atoms with E-state index in [1.807, 2.05) is 18.2 Å². The average molecular weight is 289 g/mol. The summed E-state index contributed by atoms with van der Waals surface area (Å²) >= 11 is 0. The van der Waals surface area contributed by atoms with Crippen LogP contribution in [0, 0.1) is 0 Å². The molecule has 0 aliphatic carbocycles. The first-order valence-corrected chi connectivity index (χ1v) is 5.78. The zero-order chi connectivity index (χ0) is 10.8. The Labute approximate surface area is 119 Å². The van der Waals surface area contributed by atoms with E-state index < -0.39 is 0 Å². The molecule has 1 saturated heterocycles. The zero-order valence-corrected chi connectivity index (χ0v) is 11.7. The fraction of sp³-hybridized carbons (Fsp3) is 0.417. The summed E-state index contributed by atoms with van der Waals surface area (Å²) in [5, 5.41) is 3.35. The fourth-order valence-corrected chi connectivity index (χ4v) is 2.16. The minimum atomic E-state index is 0. The summed E-state index contributed by atoms with van der Waals surface area (Å²) in [7, 11) is 0. The Morgan fingerprint density at radius 1 is 1.11 bits per heavy atom. The van der Waals surface area contributed by atoms with Crippen molar-refractivity contribution in [3.63, 3.8) is 0 Å². The smallest absolute Gasteiger partial charge is 0.121 e. The van der Waals surface area contributed by atoms with Crippen LogP contribution in [0.1, 0.15) is 5.82 Å². The zero-order valence-electron chi connectivity index (χ0n) is 10.1. The minimum absolute atomic E-state index is 0. The van der Waals surface area contributed by atoms with Gasteiger partial charge in [-0.3, -0.25) is 4.90 Å². The molecular formula is C12H18Cl2N4. The molecule has 2 heterocycles. The van der Waals surface area contributed by atoms with Gasteiger partial charge in [0, 0.05) is 26.2 Å². The first-order valence-electron chi connectivity index (χ1n) is 5.78. The highest BCUT2D eigenvalue weighted by Gasteiger charge is 2.11. The quantitative estimate of drug-likeness (QED) is 0.886. The molecule has 0 atom stereocenters. The molecule has 1 aromatic heterocycles. The summed E-state index contributed by atoms with van der Waals surface area (Å²) in [6.45, 7) is 5.31. The van der Waals surface area contributed by atoms with Gasteiger partial charge < -0.3 is 10.3 Å². The summed E-state index contributed by atoms with van der Waals surface area (Å²) in [6, 6.07) is 8.18. The van der Waals surface area contributed by atoms with Gasteiger partial charge in [0.1, 0.15) is 5.82 Å². The van der Waals surface area contributed by atoms with Crippen molar-refractivity contribution in [1.29, 1.82) is 0 Å². The first-order chi connectivity index (χ1) is 7.92. The molecule has 0 amide bonds. The van der Waals surface area contributed by atoms with Crippen LogP contribution in [0.3, 0.4) is 0 Å². The van der Waals surface area contributed by atoms with E-state index in [9.17, 15) is 0 Å². The molecule has 6 heteroatoms. The maximum Gasteiger partial charge on any atom is 0.121 e. The molecule has 1 fully saturated rings. The lowest BCUT2D eigenvalue weighted by atomic mass is 10.3. The molecule has 1 aliphatic rings. The predicted octanol–water partition coefficient (Wildman–Crippen LogP) is 1.81. The van der Waals surface area contributed by atoms with E-state index in [0.717, 1.165) is 49.6 Å². The number of halogens is 2. The van der Waals surface area contributed by atoms with E-state index >= 15 is 0 Å². The van der Waals surface area contributed by atoms with Crippen molar-refractivity contribution in [2.75, 3.05) is 26.2 Å². The van der Waals surface area contributed by atoms with Crippen LogP contribution in [0.2, 0.25) is 0 Å². The topological polar surface area (TPSA) is 44.0 Å². The maximum atomic E-state index is 4.59. The average Bonchev–Trinajstić information content (AvgIpc) is 2.72. The number of rotatable bonds is 2. The molecule has 0 spiro atoms. The molecule has 2 aromatic rings. The van der Waals surface area contributed by atoms with Crippen molar-refractivity contribution in [3.05, 3.63) is 30.1 Å². The molecule has 3 rings (SSSR count). The van der Waals surface area contributed by atoms with E-state index in [4.69, 9.17) is 0 Å². The molecule has 100 valence electrons. The standard InChI is InChI=1S/C12H16N4.2ClH/c1-2-4-11-10(3-1)14-12(15-11)9-16-7-5-13-6-8-16;;/h1-4,13H,5-9H2,(H,14,15);2*1H. The first kappa shape index (κ1) is 15.2. The van der Waals surface area contributed by atoms with Crippen LogP contribution < -0.4 is 5.32 Å². The Morgan fingerprint density at radius 2 is 1.83 bits per heavy atom. The summed E-state index contributed by atoms with van der Waals surface area (Å²) in [4.78, 5) is 10.4. The second kappa shape index (κ2) is 6.95. The molecule has 0 saturated carbocycles. The van der Waals surface area contributed by atoms with Gasteiger partial charge in [0.15, 0.2) is 0 Å². The van der Waals surface area contributed by atoms with Crippen molar-refractivity contribution < 1.29 is 0 Å². The van der Waals surface area contributed by atoms with E-state index in [2.05, 4.69) is 26.3 Å². The lowest BCUT2D eigenvalue weighted by molar-refractivity contribution is 0.229. The van der Waals surface area contributed by atoms with E-state index in [-0.39, 0.29) is 24.8 Å². The Bertz CT molecular complexity index is 447. The number of imidazole rings is 1. The number of aromatic amines is 1. The Morgan fingerprint density at radius 3 is 2.56 bits per heavy atom. The second-order valence-corrected chi connectivity index (χ2v) is 4.23. The molecule has 2 N–H and O–H groups in total. The number of H-pyrrole nitrogens is 1. The lowest BCUT2D eigenvalue weighted by Crippen LogP contribution is -2.43. The minimum Gasteiger partial charge on any atom is -0.341 e. The van der Waals surface area contributed by atoms with Crippen LogP contribution in [0.25, 0.3) is 11.0 Å². The number of piperazine rings is 1. The van der Waals surface area contributed by atoms with E-state index in [1.54, 1.807) is 0 Å². The van der Waals surface area contributed by atoms with Crippen LogP contribution in [-0.4, -0.2) is 41.0 Å². The monoisotopic (exact) mass is 288 g/mol.